The highest BCUT2D eigenvalue weighted by Crippen LogP contribution is 2.13. The summed E-state index contributed by atoms with van der Waals surface area (Å²) in [7, 11) is 0. The number of rotatable bonds is 20. The molecule has 24 heteroatoms. The molecular weight excluding hydrogens is 832 g/mol. The fraction of sp³-hybridized carbons (Fsp3) is 0.846. The van der Waals surface area contributed by atoms with Gasteiger partial charge in [-0.1, -0.05) is 0 Å². The highest BCUT2D eigenvalue weighted by molar-refractivity contribution is 5.75. The first-order valence-electron chi connectivity index (χ1n) is 21.6. The van der Waals surface area contributed by atoms with E-state index in [1.165, 1.54) is 20.8 Å². The summed E-state index contributed by atoms with van der Waals surface area (Å²) in [6.07, 6.45) is -1.81. The molecule has 2 heterocycles. The lowest BCUT2D eigenvalue weighted by Gasteiger charge is -2.38. The molecule has 0 amide bonds. The van der Waals surface area contributed by atoms with E-state index in [1.54, 1.807) is 60.0 Å². The van der Waals surface area contributed by atoms with E-state index in [1.807, 2.05) is 0 Å². The van der Waals surface area contributed by atoms with Crippen LogP contribution in [0.2, 0.25) is 0 Å². The summed E-state index contributed by atoms with van der Waals surface area (Å²) in [5, 5.41) is 87.3. The second-order valence-electron chi connectivity index (χ2n) is 16.4. The van der Waals surface area contributed by atoms with Crippen LogP contribution in [0.5, 0.6) is 0 Å². The fourth-order valence-corrected chi connectivity index (χ4v) is 7.75. The van der Waals surface area contributed by atoms with Gasteiger partial charge in [-0.05, 0) is 41.5 Å². The zero-order valence-electron chi connectivity index (χ0n) is 37.7. The van der Waals surface area contributed by atoms with Gasteiger partial charge in [-0.3, -0.25) is 68.0 Å². The van der Waals surface area contributed by atoms with Crippen molar-refractivity contribution in [2.75, 3.05) is 124 Å². The Kier molecular flexibility index (Phi) is 24.3. The molecule has 2 saturated heterocycles. The minimum absolute atomic E-state index is 0.0195. The predicted molar refractivity (Wildman–Crippen MR) is 228 cm³/mol. The third kappa shape index (κ3) is 18.4. The Morgan fingerprint density at radius 3 is 0.714 bits per heavy atom. The summed E-state index contributed by atoms with van der Waals surface area (Å²) >= 11 is 0. The Balaban J connectivity index is 2.27. The molecule has 0 bridgehead atoms. The van der Waals surface area contributed by atoms with Crippen LogP contribution in [-0.4, -0.2) is 289 Å². The summed E-state index contributed by atoms with van der Waals surface area (Å²) < 4.78 is 0. The summed E-state index contributed by atoms with van der Waals surface area (Å²) in [5.74, 6) is -6.63. The Morgan fingerprint density at radius 2 is 0.540 bits per heavy atom. The third-order valence-electron chi connectivity index (χ3n) is 12.4. The molecule has 0 aromatic rings. The van der Waals surface area contributed by atoms with Crippen molar-refractivity contribution in [3.8, 4) is 0 Å². The molecule has 24 nitrogen and oxygen atoms in total. The van der Waals surface area contributed by atoms with Crippen molar-refractivity contribution in [2.24, 2.45) is 0 Å². The molecule has 0 radical (unpaired) electrons. The maximum Gasteiger partial charge on any atom is 0.322 e. The number of aliphatic hydroxyl groups is 2. The molecule has 2 aliphatic heterocycles. The molecule has 0 aromatic carbocycles. The van der Waals surface area contributed by atoms with Crippen LogP contribution < -0.4 is 10.6 Å². The van der Waals surface area contributed by atoms with Crippen molar-refractivity contribution >= 4 is 35.8 Å². The second kappa shape index (κ2) is 27.6. The largest absolute Gasteiger partial charge is 0.480 e. The van der Waals surface area contributed by atoms with Gasteiger partial charge in [-0.2, -0.15) is 0 Å². The first-order valence-corrected chi connectivity index (χ1v) is 21.6. The first-order chi connectivity index (χ1) is 29.6. The Hall–Kier alpha value is -3.66. The van der Waals surface area contributed by atoms with Gasteiger partial charge in [0.25, 0.3) is 0 Å². The molecule has 0 spiro atoms. The number of carboxylic acid groups (broad SMARTS) is 6. The number of carboxylic acids is 6. The number of nitrogens with zero attached hydrogens (tertiary/aromatic N) is 8. The number of hydrogen-bond acceptors (Lipinski definition) is 18. The second-order valence-corrected chi connectivity index (χ2v) is 16.4. The van der Waals surface area contributed by atoms with Gasteiger partial charge in [-0.15, -0.1) is 0 Å². The molecule has 2 rings (SSSR count). The van der Waals surface area contributed by atoms with E-state index < -0.39 is 84.5 Å². The lowest BCUT2D eigenvalue weighted by atomic mass is 10.2. The summed E-state index contributed by atoms with van der Waals surface area (Å²) in [6.45, 7) is 12.1. The van der Waals surface area contributed by atoms with Crippen molar-refractivity contribution in [1.29, 1.82) is 0 Å². The van der Waals surface area contributed by atoms with Crippen LogP contribution in [0.15, 0.2) is 0 Å². The Labute approximate surface area is 369 Å². The molecule has 364 valence electrons. The average molecular weight is 907 g/mol. The van der Waals surface area contributed by atoms with Crippen molar-refractivity contribution in [3.05, 3.63) is 0 Å². The molecule has 8 atom stereocenters. The topological polar surface area (TPSA) is 314 Å². The standard InChI is InChI=1S/C39H74N10O14/c1-26(34(52)53)42-7-8-43(27(2)35(54)55)12-21-49(22-18-47(17-9-42)31(6)51)33(39(62)63)24-41-25-40-23-32(38(60)61)48-19-13-44(28(3)36(56)57)10-15-46(30(5)50)16-11-45(14-20-48)29(4)37(58)59/h26-33,40-41,50-51H,7-25H2,1-6H3,(H,52,53)(H,54,55)(H,56,57)(H,58,59)(H,60,61)(H,62,63). The number of carbonyl (C=O) groups is 6. The normalized spacial score (nSPS) is 23.2. The predicted octanol–water partition coefficient (Wildman–Crippen LogP) is -3.96. The lowest BCUT2D eigenvalue weighted by Crippen LogP contribution is -2.57. The van der Waals surface area contributed by atoms with E-state index in [0.29, 0.717) is 0 Å². The molecule has 2 fully saturated rings. The van der Waals surface area contributed by atoms with Gasteiger partial charge < -0.3 is 51.5 Å². The maximum atomic E-state index is 12.8. The highest BCUT2D eigenvalue weighted by atomic mass is 16.4. The minimum atomic E-state index is -1.18. The molecular formula is C39H74N10O14. The lowest BCUT2D eigenvalue weighted by molar-refractivity contribution is -0.146. The van der Waals surface area contributed by atoms with Crippen LogP contribution in [-0.2, 0) is 28.8 Å². The van der Waals surface area contributed by atoms with Gasteiger partial charge in [0.05, 0.1) is 0 Å². The van der Waals surface area contributed by atoms with Gasteiger partial charge in [-0.25, -0.2) is 0 Å². The van der Waals surface area contributed by atoms with Crippen LogP contribution in [0, 0.1) is 0 Å². The van der Waals surface area contributed by atoms with Gasteiger partial charge in [0.15, 0.2) is 0 Å². The molecule has 10 N–H and O–H groups in total. The SMILES string of the molecule is CC(O)N1CCN(C(C)C(=O)O)CCN(C(CNCNCC(C(=O)O)N2CCN(C(C)O)CCN(C(C)C(=O)O)CCN(C(C)C(=O)O)CC2)C(=O)O)CCN(C(C)C(=O)O)CC1. The van der Waals surface area contributed by atoms with Crippen LogP contribution in [0.25, 0.3) is 0 Å². The van der Waals surface area contributed by atoms with E-state index in [4.69, 9.17) is 0 Å². The zero-order valence-corrected chi connectivity index (χ0v) is 37.7. The number of aliphatic carboxylic acids is 6. The maximum absolute atomic E-state index is 12.8. The first kappa shape index (κ1) is 55.5. The van der Waals surface area contributed by atoms with E-state index in [-0.39, 0.29) is 124 Å². The molecule has 63 heavy (non-hydrogen) atoms. The van der Waals surface area contributed by atoms with Crippen molar-refractivity contribution in [1.82, 2.24) is 49.8 Å². The molecule has 0 saturated carbocycles. The number of hydrogen-bond donors (Lipinski definition) is 10. The molecule has 2 aliphatic rings. The van der Waals surface area contributed by atoms with Crippen LogP contribution in [0.4, 0.5) is 0 Å². The highest BCUT2D eigenvalue weighted by Gasteiger charge is 2.33. The quantitative estimate of drug-likeness (QED) is 0.0412. The van der Waals surface area contributed by atoms with Crippen molar-refractivity contribution in [2.45, 2.75) is 90.2 Å². The number of nitrogens with one attached hydrogen (secondary N) is 2. The zero-order chi connectivity index (χ0) is 47.6. The molecule has 0 aromatic heterocycles. The Morgan fingerprint density at radius 1 is 0.349 bits per heavy atom. The fourth-order valence-electron chi connectivity index (χ4n) is 7.75. The minimum Gasteiger partial charge on any atom is -0.480 e. The van der Waals surface area contributed by atoms with Crippen LogP contribution >= 0.6 is 0 Å². The number of aliphatic hydroxyl groups excluding tert-OH is 2. The van der Waals surface area contributed by atoms with Gasteiger partial charge in [0.1, 0.15) is 48.7 Å². The summed E-state index contributed by atoms with van der Waals surface area (Å²) in [5.41, 5.74) is 0. The summed E-state index contributed by atoms with van der Waals surface area (Å²) in [4.78, 5) is 87.2. The van der Waals surface area contributed by atoms with Crippen LogP contribution in [0.3, 0.4) is 0 Å². The third-order valence-corrected chi connectivity index (χ3v) is 12.4. The van der Waals surface area contributed by atoms with E-state index >= 15 is 0 Å². The average Bonchev–Trinajstić information content (AvgIpc) is 3.20. The monoisotopic (exact) mass is 907 g/mol. The van der Waals surface area contributed by atoms with E-state index in [9.17, 15) is 69.6 Å². The van der Waals surface area contributed by atoms with Crippen molar-refractivity contribution < 1.29 is 69.6 Å². The van der Waals surface area contributed by atoms with Gasteiger partial charge in [0, 0.05) is 124 Å². The molecule has 0 aliphatic carbocycles. The summed E-state index contributed by atoms with van der Waals surface area (Å²) in [6, 6.07) is -5.95. The van der Waals surface area contributed by atoms with Crippen LogP contribution in [0.1, 0.15) is 41.5 Å². The molecule has 8 unspecified atom stereocenters. The Bertz CT molecular complexity index is 1430. The van der Waals surface area contributed by atoms with Gasteiger partial charge >= 0.3 is 35.8 Å². The van der Waals surface area contributed by atoms with Gasteiger partial charge in [0.2, 0.25) is 0 Å². The van der Waals surface area contributed by atoms with E-state index in [2.05, 4.69) is 10.6 Å². The van der Waals surface area contributed by atoms with E-state index in [0.717, 1.165) is 0 Å². The van der Waals surface area contributed by atoms with Crippen molar-refractivity contribution in [3.63, 3.8) is 0 Å². The smallest absolute Gasteiger partial charge is 0.322 e.